The molecule has 0 aliphatic heterocycles. The molecule has 0 aliphatic carbocycles. The normalized spacial score (nSPS) is 12.0. The van der Waals surface area contributed by atoms with Crippen LogP contribution < -0.4 is 5.32 Å². The Labute approximate surface area is 228 Å². The molecule has 0 bridgehead atoms. The highest BCUT2D eigenvalue weighted by molar-refractivity contribution is 7.98. The molecule has 4 rings (SSSR count). The molecule has 0 fully saturated rings. The number of nitrogens with one attached hydrogen (secondary N) is 1. The Hall–Kier alpha value is -3.30. The number of alkyl halides is 3. The number of nitrogens with zero attached hydrogens (tertiary/aromatic N) is 3. The van der Waals surface area contributed by atoms with Gasteiger partial charge in [0.15, 0.2) is 11.0 Å². The standard InChI is InChI=1S/C28H26ClF3N4OS/c1-27(2,3)20-12-10-19(11-13-20)25(37)33-16-24-34-35-26(36(24)23-9-5-8-22(29)15-23)38-17-18-6-4-7-21(14-18)28(30,31)32/h4-15H,16-17H2,1-3H3,(H,33,37). The van der Waals surface area contributed by atoms with E-state index in [9.17, 15) is 18.0 Å². The Morgan fingerprint density at radius 2 is 1.66 bits per heavy atom. The number of hydrogen-bond acceptors (Lipinski definition) is 4. The molecule has 0 atom stereocenters. The fraction of sp³-hybridized carbons (Fsp3) is 0.250. The van der Waals surface area contributed by atoms with Crippen molar-refractivity contribution in [3.63, 3.8) is 0 Å². The average Bonchev–Trinajstić information content (AvgIpc) is 3.28. The monoisotopic (exact) mass is 558 g/mol. The molecular formula is C28H26ClF3N4OS. The van der Waals surface area contributed by atoms with Gasteiger partial charge in [-0.05, 0) is 52.9 Å². The zero-order chi connectivity index (χ0) is 27.5. The van der Waals surface area contributed by atoms with Gasteiger partial charge in [-0.3, -0.25) is 9.36 Å². The van der Waals surface area contributed by atoms with Crippen LogP contribution >= 0.6 is 23.4 Å². The average molecular weight is 559 g/mol. The summed E-state index contributed by atoms with van der Waals surface area (Å²) in [5.41, 5.74) is 2.09. The molecule has 3 aromatic carbocycles. The number of halogens is 4. The van der Waals surface area contributed by atoms with Gasteiger partial charge < -0.3 is 5.32 Å². The van der Waals surface area contributed by atoms with E-state index >= 15 is 0 Å². The maximum absolute atomic E-state index is 13.1. The molecule has 1 N–H and O–H groups in total. The van der Waals surface area contributed by atoms with Crippen LogP contribution in [0.5, 0.6) is 0 Å². The fourth-order valence-corrected chi connectivity index (χ4v) is 4.85. The summed E-state index contributed by atoms with van der Waals surface area (Å²) in [5.74, 6) is 0.442. The van der Waals surface area contributed by atoms with Crippen LogP contribution in [0, 0.1) is 0 Å². The van der Waals surface area contributed by atoms with Gasteiger partial charge in [0.05, 0.1) is 17.8 Å². The summed E-state index contributed by atoms with van der Waals surface area (Å²) >= 11 is 7.46. The van der Waals surface area contributed by atoms with E-state index in [2.05, 4.69) is 36.3 Å². The molecule has 5 nitrogen and oxygen atoms in total. The highest BCUT2D eigenvalue weighted by atomic mass is 35.5. The molecule has 0 saturated heterocycles. The van der Waals surface area contributed by atoms with E-state index in [1.165, 1.54) is 17.8 Å². The second kappa shape index (κ2) is 11.2. The zero-order valence-corrected chi connectivity index (χ0v) is 22.6. The van der Waals surface area contributed by atoms with Crippen LogP contribution in [0.3, 0.4) is 0 Å². The molecule has 0 aliphatic rings. The molecule has 0 unspecified atom stereocenters. The lowest BCUT2D eigenvalue weighted by atomic mass is 9.87. The van der Waals surface area contributed by atoms with Crippen LogP contribution in [0.25, 0.3) is 5.69 Å². The van der Waals surface area contributed by atoms with Crippen molar-refractivity contribution in [1.29, 1.82) is 0 Å². The Balaban J connectivity index is 1.55. The molecule has 1 amide bonds. The third kappa shape index (κ3) is 6.76. The van der Waals surface area contributed by atoms with Crippen molar-refractivity contribution in [2.75, 3.05) is 0 Å². The van der Waals surface area contributed by atoms with E-state index < -0.39 is 11.7 Å². The van der Waals surface area contributed by atoms with E-state index in [1.807, 2.05) is 18.2 Å². The van der Waals surface area contributed by atoms with Gasteiger partial charge in [-0.1, -0.05) is 80.5 Å². The summed E-state index contributed by atoms with van der Waals surface area (Å²) < 4.78 is 41.1. The van der Waals surface area contributed by atoms with Crippen molar-refractivity contribution in [3.05, 3.63) is 106 Å². The first-order valence-corrected chi connectivity index (χ1v) is 13.2. The van der Waals surface area contributed by atoms with Gasteiger partial charge in [-0.15, -0.1) is 10.2 Å². The maximum atomic E-state index is 13.1. The fourth-order valence-electron chi connectivity index (χ4n) is 3.75. The van der Waals surface area contributed by atoms with Crippen LogP contribution in [-0.4, -0.2) is 20.7 Å². The van der Waals surface area contributed by atoms with Gasteiger partial charge in [0, 0.05) is 16.3 Å². The van der Waals surface area contributed by atoms with E-state index in [4.69, 9.17) is 11.6 Å². The first-order valence-electron chi connectivity index (χ1n) is 11.8. The van der Waals surface area contributed by atoms with Crippen LogP contribution in [0.2, 0.25) is 5.02 Å². The predicted molar refractivity (Wildman–Crippen MR) is 144 cm³/mol. The zero-order valence-electron chi connectivity index (χ0n) is 21.0. The molecule has 1 heterocycles. The minimum absolute atomic E-state index is 0.0233. The van der Waals surface area contributed by atoms with Crippen molar-refractivity contribution >= 4 is 29.3 Å². The number of carbonyl (C=O) groups excluding carboxylic acids is 1. The summed E-state index contributed by atoms with van der Waals surface area (Å²) in [6.07, 6.45) is -4.42. The maximum Gasteiger partial charge on any atom is 0.416 e. The third-order valence-electron chi connectivity index (χ3n) is 5.81. The number of benzene rings is 3. The largest absolute Gasteiger partial charge is 0.416 e. The van der Waals surface area contributed by atoms with Crippen LogP contribution in [0.15, 0.2) is 78.0 Å². The molecule has 0 spiro atoms. The van der Waals surface area contributed by atoms with Gasteiger partial charge >= 0.3 is 6.18 Å². The first-order chi connectivity index (χ1) is 17.9. The topological polar surface area (TPSA) is 59.8 Å². The minimum Gasteiger partial charge on any atom is -0.345 e. The molecule has 198 valence electrons. The Kier molecular flexibility index (Phi) is 8.18. The van der Waals surface area contributed by atoms with Crippen molar-refractivity contribution in [2.24, 2.45) is 0 Å². The van der Waals surface area contributed by atoms with Gasteiger partial charge in [-0.2, -0.15) is 13.2 Å². The summed E-state index contributed by atoms with van der Waals surface area (Å²) in [5, 5.41) is 12.4. The van der Waals surface area contributed by atoms with Gasteiger partial charge in [0.25, 0.3) is 5.91 Å². The van der Waals surface area contributed by atoms with Crippen molar-refractivity contribution in [1.82, 2.24) is 20.1 Å². The van der Waals surface area contributed by atoms with Gasteiger partial charge in [0.1, 0.15) is 0 Å². The van der Waals surface area contributed by atoms with Crippen molar-refractivity contribution in [3.8, 4) is 5.69 Å². The number of carbonyl (C=O) groups is 1. The second-order valence-corrected chi connectivity index (χ2v) is 11.1. The molecule has 0 radical (unpaired) electrons. The van der Waals surface area contributed by atoms with Crippen molar-refractivity contribution in [2.45, 2.75) is 49.8 Å². The lowest BCUT2D eigenvalue weighted by Gasteiger charge is -2.19. The quantitative estimate of drug-likeness (QED) is 0.239. The number of thioether (sulfide) groups is 1. The Bertz CT molecular complexity index is 1430. The van der Waals surface area contributed by atoms with Gasteiger partial charge in [-0.25, -0.2) is 0 Å². The minimum atomic E-state index is -4.42. The van der Waals surface area contributed by atoms with Crippen LogP contribution in [0.4, 0.5) is 13.2 Å². The summed E-state index contributed by atoms with van der Waals surface area (Å²) in [4.78, 5) is 12.8. The molecule has 10 heteroatoms. The van der Waals surface area contributed by atoms with E-state index in [0.29, 0.717) is 32.8 Å². The highest BCUT2D eigenvalue weighted by Crippen LogP contribution is 2.32. The Morgan fingerprint density at radius 1 is 0.947 bits per heavy atom. The lowest BCUT2D eigenvalue weighted by molar-refractivity contribution is -0.137. The summed E-state index contributed by atoms with van der Waals surface area (Å²) in [7, 11) is 0. The molecule has 4 aromatic rings. The molecular weight excluding hydrogens is 533 g/mol. The van der Waals surface area contributed by atoms with E-state index in [0.717, 1.165) is 17.7 Å². The Morgan fingerprint density at radius 3 is 2.32 bits per heavy atom. The molecule has 1 aromatic heterocycles. The number of rotatable bonds is 7. The third-order valence-corrected chi connectivity index (χ3v) is 7.04. The van der Waals surface area contributed by atoms with Crippen LogP contribution in [-0.2, 0) is 23.9 Å². The number of aromatic nitrogens is 3. The molecule has 38 heavy (non-hydrogen) atoms. The predicted octanol–water partition coefficient (Wildman–Crippen LogP) is 7.46. The van der Waals surface area contributed by atoms with E-state index in [1.54, 1.807) is 41.0 Å². The summed E-state index contributed by atoms with van der Waals surface area (Å²) in [6, 6.07) is 19.7. The number of hydrogen-bond donors (Lipinski definition) is 1. The first kappa shape index (κ1) is 27.7. The van der Waals surface area contributed by atoms with Crippen molar-refractivity contribution < 1.29 is 18.0 Å². The smallest absolute Gasteiger partial charge is 0.345 e. The SMILES string of the molecule is CC(C)(C)c1ccc(C(=O)NCc2nnc(SCc3cccc(C(F)(F)F)c3)n2-c2cccc(Cl)c2)cc1. The highest BCUT2D eigenvalue weighted by Gasteiger charge is 2.30. The van der Waals surface area contributed by atoms with Crippen LogP contribution in [0.1, 0.15) is 53.6 Å². The second-order valence-electron chi connectivity index (χ2n) is 9.71. The molecule has 0 saturated carbocycles. The lowest BCUT2D eigenvalue weighted by Crippen LogP contribution is -2.25. The van der Waals surface area contributed by atoms with E-state index in [-0.39, 0.29) is 23.6 Å². The number of amides is 1. The summed E-state index contributed by atoms with van der Waals surface area (Å²) in [6.45, 7) is 6.40. The van der Waals surface area contributed by atoms with Gasteiger partial charge in [0.2, 0.25) is 0 Å².